The van der Waals surface area contributed by atoms with Crippen molar-refractivity contribution in [2.75, 3.05) is 5.32 Å². The third-order valence-electron chi connectivity index (χ3n) is 3.44. The molecule has 0 aliphatic heterocycles. The largest absolute Gasteiger partial charge is 0.484 e. The van der Waals surface area contributed by atoms with Crippen molar-refractivity contribution in [2.45, 2.75) is 27.0 Å². The third kappa shape index (κ3) is 4.10. The first-order chi connectivity index (χ1) is 11.2. The highest BCUT2D eigenvalue weighted by Crippen LogP contribution is 2.17. The number of anilines is 1. The number of rotatable bonds is 6. The van der Waals surface area contributed by atoms with Crippen molar-refractivity contribution in [1.82, 2.24) is 10.2 Å². The van der Waals surface area contributed by atoms with Crippen LogP contribution in [0, 0.1) is 13.8 Å². The molecule has 0 bridgehead atoms. The van der Waals surface area contributed by atoms with Crippen molar-refractivity contribution in [3.63, 3.8) is 0 Å². The highest BCUT2D eigenvalue weighted by Gasteiger charge is 2.07. The van der Waals surface area contributed by atoms with Gasteiger partial charge >= 0.3 is 0 Å². The second-order valence-corrected chi connectivity index (χ2v) is 5.36. The van der Waals surface area contributed by atoms with Gasteiger partial charge in [0.05, 0.1) is 6.54 Å². The molecule has 3 aromatic rings. The quantitative estimate of drug-likeness (QED) is 0.749. The summed E-state index contributed by atoms with van der Waals surface area (Å²) in [7, 11) is 0. The molecule has 0 saturated carbocycles. The molecule has 0 radical (unpaired) electrons. The van der Waals surface area contributed by atoms with E-state index in [1.54, 1.807) is 0 Å². The van der Waals surface area contributed by atoms with Crippen LogP contribution in [0.3, 0.4) is 0 Å². The zero-order chi connectivity index (χ0) is 16.1. The number of para-hydroxylation sites is 1. The zero-order valence-corrected chi connectivity index (χ0v) is 13.2. The summed E-state index contributed by atoms with van der Waals surface area (Å²) in [6.07, 6.45) is 0. The summed E-state index contributed by atoms with van der Waals surface area (Å²) in [6.45, 7) is 4.88. The predicted octanol–water partition coefficient (Wildman–Crippen LogP) is 3.88. The second kappa shape index (κ2) is 6.96. The number of benzene rings is 2. The van der Waals surface area contributed by atoms with Gasteiger partial charge in [0.25, 0.3) is 5.89 Å². The van der Waals surface area contributed by atoms with Crippen molar-refractivity contribution >= 4 is 5.69 Å². The Kier molecular flexibility index (Phi) is 4.57. The van der Waals surface area contributed by atoms with Crippen molar-refractivity contribution < 1.29 is 9.15 Å². The van der Waals surface area contributed by atoms with Crippen LogP contribution in [-0.4, -0.2) is 10.2 Å². The molecule has 118 valence electrons. The van der Waals surface area contributed by atoms with Gasteiger partial charge < -0.3 is 14.5 Å². The topological polar surface area (TPSA) is 60.2 Å². The molecule has 0 saturated heterocycles. The summed E-state index contributed by atoms with van der Waals surface area (Å²) in [4.78, 5) is 0. The summed E-state index contributed by atoms with van der Waals surface area (Å²) in [6, 6.07) is 15.8. The van der Waals surface area contributed by atoms with E-state index in [0.717, 1.165) is 11.4 Å². The highest BCUT2D eigenvalue weighted by molar-refractivity contribution is 5.52. The van der Waals surface area contributed by atoms with Gasteiger partial charge in [-0.1, -0.05) is 30.3 Å². The maximum Gasteiger partial charge on any atom is 0.253 e. The molecule has 0 atom stereocenters. The zero-order valence-electron chi connectivity index (χ0n) is 13.2. The molecule has 0 aliphatic carbocycles. The number of aryl methyl sites for hydroxylation is 2. The van der Waals surface area contributed by atoms with Crippen LogP contribution in [0.15, 0.2) is 52.9 Å². The Morgan fingerprint density at radius 3 is 2.61 bits per heavy atom. The SMILES string of the molecule is Cc1ccc(C)c(NCc2nnc(COc3ccccc3)o2)c1. The second-order valence-electron chi connectivity index (χ2n) is 5.36. The molecule has 0 aliphatic rings. The van der Waals surface area contributed by atoms with Crippen molar-refractivity contribution in [2.24, 2.45) is 0 Å². The Hall–Kier alpha value is -2.82. The number of hydrogen-bond acceptors (Lipinski definition) is 5. The fourth-order valence-electron chi connectivity index (χ4n) is 2.18. The van der Waals surface area contributed by atoms with Gasteiger partial charge in [-0.2, -0.15) is 0 Å². The van der Waals surface area contributed by atoms with Gasteiger partial charge in [0, 0.05) is 5.69 Å². The first kappa shape index (κ1) is 15.1. The smallest absolute Gasteiger partial charge is 0.253 e. The Morgan fingerprint density at radius 1 is 1.00 bits per heavy atom. The maximum absolute atomic E-state index is 5.59. The minimum Gasteiger partial charge on any atom is -0.484 e. The van der Waals surface area contributed by atoms with Gasteiger partial charge in [-0.3, -0.25) is 0 Å². The molecule has 1 N–H and O–H groups in total. The first-order valence-corrected chi connectivity index (χ1v) is 7.51. The average Bonchev–Trinajstić information content (AvgIpc) is 3.03. The molecular weight excluding hydrogens is 290 g/mol. The lowest BCUT2D eigenvalue weighted by atomic mass is 10.1. The van der Waals surface area contributed by atoms with Crippen LogP contribution in [0.4, 0.5) is 5.69 Å². The van der Waals surface area contributed by atoms with Crippen molar-refractivity contribution in [3.05, 3.63) is 71.4 Å². The lowest BCUT2D eigenvalue weighted by molar-refractivity contribution is 0.259. The van der Waals surface area contributed by atoms with E-state index in [4.69, 9.17) is 9.15 Å². The van der Waals surface area contributed by atoms with E-state index in [-0.39, 0.29) is 6.61 Å². The monoisotopic (exact) mass is 309 g/mol. The highest BCUT2D eigenvalue weighted by atomic mass is 16.5. The van der Waals surface area contributed by atoms with Gasteiger partial charge in [-0.05, 0) is 43.2 Å². The van der Waals surface area contributed by atoms with Crippen LogP contribution in [0.25, 0.3) is 0 Å². The molecule has 1 aromatic heterocycles. The maximum atomic E-state index is 5.59. The van der Waals surface area contributed by atoms with Crippen molar-refractivity contribution in [3.8, 4) is 5.75 Å². The Labute approximate surface area is 135 Å². The molecule has 0 spiro atoms. The van der Waals surface area contributed by atoms with Crippen LogP contribution in [-0.2, 0) is 13.2 Å². The number of hydrogen-bond donors (Lipinski definition) is 1. The Bertz CT molecular complexity index is 769. The fourth-order valence-corrected chi connectivity index (χ4v) is 2.18. The standard InChI is InChI=1S/C18H19N3O2/c1-13-8-9-14(2)16(10-13)19-11-17-20-21-18(23-17)12-22-15-6-4-3-5-7-15/h3-10,19H,11-12H2,1-2H3. The lowest BCUT2D eigenvalue weighted by Crippen LogP contribution is -2.01. The first-order valence-electron chi connectivity index (χ1n) is 7.51. The van der Waals surface area contributed by atoms with E-state index in [1.165, 1.54) is 11.1 Å². The molecule has 5 heteroatoms. The summed E-state index contributed by atoms with van der Waals surface area (Å²) in [5.41, 5.74) is 3.47. The summed E-state index contributed by atoms with van der Waals surface area (Å²) < 4.78 is 11.2. The Balaban J connectivity index is 1.56. The lowest BCUT2D eigenvalue weighted by Gasteiger charge is -2.08. The molecule has 0 unspecified atom stereocenters. The molecule has 1 heterocycles. The Morgan fingerprint density at radius 2 is 1.78 bits per heavy atom. The van der Waals surface area contributed by atoms with E-state index in [0.29, 0.717) is 18.3 Å². The van der Waals surface area contributed by atoms with E-state index in [1.807, 2.05) is 30.3 Å². The third-order valence-corrected chi connectivity index (χ3v) is 3.44. The molecule has 3 rings (SSSR count). The number of nitrogens with zero attached hydrogens (tertiary/aromatic N) is 2. The summed E-state index contributed by atoms with van der Waals surface area (Å²) in [5, 5.41) is 11.4. The minimum absolute atomic E-state index is 0.264. The molecule has 0 fully saturated rings. The van der Waals surface area contributed by atoms with Gasteiger partial charge in [0.2, 0.25) is 5.89 Å². The van der Waals surface area contributed by atoms with E-state index in [9.17, 15) is 0 Å². The van der Waals surface area contributed by atoms with Gasteiger partial charge in [-0.15, -0.1) is 10.2 Å². The predicted molar refractivity (Wildman–Crippen MR) is 88.3 cm³/mol. The molecule has 2 aromatic carbocycles. The van der Waals surface area contributed by atoms with E-state index >= 15 is 0 Å². The number of ether oxygens (including phenoxy) is 1. The molecular formula is C18H19N3O2. The van der Waals surface area contributed by atoms with Crippen LogP contribution >= 0.6 is 0 Å². The average molecular weight is 309 g/mol. The van der Waals surface area contributed by atoms with E-state index in [2.05, 4.69) is 47.6 Å². The van der Waals surface area contributed by atoms with E-state index < -0.39 is 0 Å². The summed E-state index contributed by atoms with van der Waals surface area (Å²) >= 11 is 0. The number of aromatic nitrogens is 2. The molecule has 0 amide bonds. The fraction of sp³-hybridized carbons (Fsp3) is 0.222. The van der Waals surface area contributed by atoms with Crippen molar-refractivity contribution in [1.29, 1.82) is 0 Å². The van der Waals surface area contributed by atoms with Gasteiger partial charge in [0.15, 0.2) is 6.61 Å². The minimum atomic E-state index is 0.264. The summed E-state index contributed by atoms with van der Waals surface area (Å²) in [5.74, 6) is 1.78. The molecule has 23 heavy (non-hydrogen) atoms. The van der Waals surface area contributed by atoms with Gasteiger partial charge in [-0.25, -0.2) is 0 Å². The van der Waals surface area contributed by atoms with Crippen LogP contribution in [0.5, 0.6) is 5.75 Å². The molecule has 5 nitrogen and oxygen atoms in total. The van der Waals surface area contributed by atoms with Crippen LogP contribution < -0.4 is 10.1 Å². The number of nitrogens with one attached hydrogen (secondary N) is 1. The van der Waals surface area contributed by atoms with Crippen LogP contribution in [0.1, 0.15) is 22.9 Å². The normalized spacial score (nSPS) is 10.5. The van der Waals surface area contributed by atoms with Crippen LogP contribution in [0.2, 0.25) is 0 Å². The van der Waals surface area contributed by atoms with Gasteiger partial charge in [0.1, 0.15) is 5.75 Å².